The molecule has 0 radical (unpaired) electrons. The number of nitro groups is 1. The molecule has 0 N–H and O–H groups in total. The summed E-state index contributed by atoms with van der Waals surface area (Å²) in [5.74, 6) is 0. The molecule has 1 aliphatic rings. The summed E-state index contributed by atoms with van der Waals surface area (Å²) in [4.78, 5) is 24.0. The van der Waals surface area contributed by atoms with Gasteiger partial charge in [0.25, 0.3) is 5.69 Å². The third-order valence-electron chi connectivity index (χ3n) is 3.34. The Morgan fingerprint density at radius 3 is 2.59 bits per heavy atom. The number of ether oxygens (including phenoxy) is 1. The first-order chi connectivity index (χ1) is 10.2. The van der Waals surface area contributed by atoms with Crippen LogP contribution in [0.25, 0.3) is 5.57 Å². The number of hydrogen-bond acceptors (Lipinski definition) is 4. The molecule has 0 aromatic heterocycles. The number of rotatable bonds is 2. The van der Waals surface area contributed by atoms with Crippen LogP contribution in [0, 0.1) is 17.0 Å². The van der Waals surface area contributed by atoms with E-state index in [0.717, 1.165) is 16.7 Å². The molecule has 1 amide bonds. The number of nitro benzene ring substituents is 1. The first-order valence-corrected chi connectivity index (χ1v) is 7.10. The Kier molecular flexibility index (Phi) is 4.21. The van der Waals surface area contributed by atoms with Crippen LogP contribution in [0.2, 0.25) is 0 Å². The third-order valence-corrected chi connectivity index (χ3v) is 3.34. The topological polar surface area (TPSA) is 72.7 Å². The summed E-state index contributed by atoms with van der Waals surface area (Å²) in [5.41, 5.74) is 2.29. The highest BCUT2D eigenvalue weighted by Gasteiger charge is 2.26. The Morgan fingerprint density at radius 1 is 1.36 bits per heavy atom. The fraction of sp³-hybridized carbons (Fsp3) is 0.438. The maximum atomic E-state index is 12.0. The minimum atomic E-state index is -0.525. The summed E-state index contributed by atoms with van der Waals surface area (Å²) in [6.45, 7) is 8.26. The zero-order valence-corrected chi connectivity index (χ0v) is 13.3. The Hall–Kier alpha value is -2.37. The first kappa shape index (κ1) is 16.0. The van der Waals surface area contributed by atoms with E-state index in [2.05, 4.69) is 0 Å². The van der Waals surface area contributed by atoms with Gasteiger partial charge in [0, 0.05) is 25.2 Å². The molecule has 1 heterocycles. The van der Waals surface area contributed by atoms with Gasteiger partial charge in [-0.15, -0.1) is 0 Å². The van der Waals surface area contributed by atoms with E-state index in [4.69, 9.17) is 4.74 Å². The Morgan fingerprint density at radius 2 is 2.05 bits per heavy atom. The molecule has 6 nitrogen and oxygen atoms in total. The van der Waals surface area contributed by atoms with E-state index in [9.17, 15) is 14.9 Å². The van der Waals surface area contributed by atoms with E-state index >= 15 is 0 Å². The smallest absolute Gasteiger partial charge is 0.410 e. The van der Waals surface area contributed by atoms with Gasteiger partial charge in [-0.05, 0) is 50.5 Å². The van der Waals surface area contributed by atoms with Crippen LogP contribution < -0.4 is 0 Å². The maximum Gasteiger partial charge on any atom is 0.410 e. The van der Waals surface area contributed by atoms with Gasteiger partial charge in [-0.2, -0.15) is 0 Å². The highest BCUT2D eigenvalue weighted by Crippen LogP contribution is 2.27. The number of carbonyl (C=O) groups is 1. The van der Waals surface area contributed by atoms with Crippen molar-refractivity contribution >= 4 is 17.4 Å². The lowest BCUT2D eigenvalue weighted by Crippen LogP contribution is -2.35. The standard InChI is InChI=1S/C16H20N2O4/c1-11-9-13(18(20)21)5-6-14(11)12-7-8-17(10-12)15(19)22-16(2,3)4/h5-7,9H,8,10H2,1-4H3. The molecule has 22 heavy (non-hydrogen) atoms. The zero-order valence-electron chi connectivity index (χ0n) is 13.3. The minimum absolute atomic E-state index is 0.0730. The summed E-state index contributed by atoms with van der Waals surface area (Å²) >= 11 is 0. The van der Waals surface area contributed by atoms with Crippen LogP contribution in [0.5, 0.6) is 0 Å². The van der Waals surface area contributed by atoms with Crippen LogP contribution >= 0.6 is 0 Å². The monoisotopic (exact) mass is 304 g/mol. The molecule has 1 aromatic carbocycles. The number of aryl methyl sites for hydroxylation is 1. The van der Waals surface area contributed by atoms with Gasteiger partial charge in [-0.1, -0.05) is 6.08 Å². The Balaban J connectivity index is 2.10. The molecular weight excluding hydrogens is 284 g/mol. The van der Waals surface area contributed by atoms with Crippen molar-refractivity contribution in [2.45, 2.75) is 33.3 Å². The molecule has 118 valence electrons. The van der Waals surface area contributed by atoms with Gasteiger partial charge in [0.2, 0.25) is 0 Å². The van der Waals surface area contributed by atoms with Crippen LogP contribution in [0.4, 0.5) is 10.5 Å². The highest BCUT2D eigenvalue weighted by molar-refractivity contribution is 5.78. The Bertz CT molecular complexity index is 644. The van der Waals surface area contributed by atoms with Crippen LogP contribution in [0.15, 0.2) is 24.3 Å². The number of hydrogen-bond donors (Lipinski definition) is 0. The van der Waals surface area contributed by atoms with Gasteiger partial charge < -0.3 is 9.64 Å². The quantitative estimate of drug-likeness (QED) is 0.619. The van der Waals surface area contributed by atoms with Crippen molar-refractivity contribution in [3.8, 4) is 0 Å². The van der Waals surface area contributed by atoms with E-state index < -0.39 is 10.5 Å². The van der Waals surface area contributed by atoms with Crippen molar-refractivity contribution in [1.29, 1.82) is 0 Å². The summed E-state index contributed by atoms with van der Waals surface area (Å²) in [6, 6.07) is 4.77. The van der Waals surface area contributed by atoms with E-state index in [0.29, 0.717) is 13.1 Å². The largest absolute Gasteiger partial charge is 0.444 e. The summed E-state index contributed by atoms with van der Waals surface area (Å²) < 4.78 is 5.35. The SMILES string of the molecule is Cc1cc([N+](=O)[O-])ccc1C1=CCN(C(=O)OC(C)(C)C)C1. The predicted octanol–water partition coefficient (Wildman–Crippen LogP) is 3.54. The second-order valence-corrected chi connectivity index (χ2v) is 6.35. The van der Waals surface area contributed by atoms with Gasteiger partial charge in [-0.25, -0.2) is 4.79 Å². The second-order valence-electron chi connectivity index (χ2n) is 6.35. The molecule has 0 atom stereocenters. The lowest BCUT2D eigenvalue weighted by molar-refractivity contribution is -0.384. The van der Waals surface area contributed by atoms with Crippen molar-refractivity contribution in [3.63, 3.8) is 0 Å². The number of benzene rings is 1. The number of non-ortho nitro benzene ring substituents is 1. The minimum Gasteiger partial charge on any atom is -0.444 e. The first-order valence-electron chi connectivity index (χ1n) is 7.10. The molecule has 0 saturated carbocycles. The molecule has 0 fully saturated rings. The maximum absolute atomic E-state index is 12.0. The molecule has 0 saturated heterocycles. The lowest BCUT2D eigenvalue weighted by atomic mass is 10.0. The molecule has 0 spiro atoms. The van der Waals surface area contributed by atoms with Crippen molar-refractivity contribution in [2.24, 2.45) is 0 Å². The van der Waals surface area contributed by atoms with E-state index in [-0.39, 0.29) is 11.8 Å². The van der Waals surface area contributed by atoms with E-state index in [1.807, 2.05) is 33.8 Å². The number of amides is 1. The fourth-order valence-corrected chi connectivity index (χ4v) is 2.34. The van der Waals surface area contributed by atoms with Crippen LogP contribution in [0.3, 0.4) is 0 Å². The number of carbonyl (C=O) groups excluding carboxylic acids is 1. The van der Waals surface area contributed by atoms with Crippen molar-refractivity contribution < 1.29 is 14.5 Å². The van der Waals surface area contributed by atoms with Crippen LogP contribution in [-0.4, -0.2) is 34.6 Å². The zero-order chi connectivity index (χ0) is 16.5. The molecule has 1 aliphatic heterocycles. The van der Waals surface area contributed by atoms with Crippen LogP contribution in [0.1, 0.15) is 31.9 Å². The molecular formula is C16H20N2O4. The highest BCUT2D eigenvalue weighted by atomic mass is 16.6. The number of nitrogens with zero attached hydrogens (tertiary/aromatic N) is 2. The normalized spacial score (nSPS) is 14.7. The van der Waals surface area contributed by atoms with Crippen molar-refractivity contribution in [2.75, 3.05) is 13.1 Å². The van der Waals surface area contributed by atoms with Crippen molar-refractivity contribution in [3.05, 3.63) is 45.5 Å². The second kappa shape index (κ2) is 5.79. The van der Waals surface area contributed by atoms with Gasteiger partial charge in [0.15, 0.2) is 0 Å². The summed E-state index contributed by atoms with van der Waals surface area (Å²) in [7, 11) is 0. The van der Waals surface area contributed by atoms with Crippen molar-refractivity contribution in [1.82, 2.24) is 4.90 Å². The summed E-state index contributed by atoms with van der Waals surface area (Å²) in [6.07, 6.45) is 1.61. The summed E-state index contributed by atoms with van der Waals surface area (Å²) in [5, 5.41) is 10.8. The predicted molar refractivity (Wildman–Crippen MR) is 83.6 cm³/mol. The molecule has 0 unspecified atom stereocenters. The molecule has 6 heteroatoms. The third kappa shape index (κ3) is 3.63. The van der Waals surface area contributed by atoms with Crippen LogP contribution in [-0.2, 0) is 4.74 Å². The van der Waals surface area contributed by atoms with Gasteiger partial charge in [0.1, 0.15) is 5.60 Å². The van der Waals surface area contributed by atoms with Gasteiger partial charge >= 0.3 is 6.09 Å². The fourth-order valence-electron chi connectivity index (χ4n) is 2.34. The lowest BCUT2D eigenvalue weighted by Gasteiger charge is -2.24. The average molecular weight is 304 g/mol. The molecule has 1 aromatic rings. The Labute approximate surface area is 129 Å². The van der Waals surface area contributed by atoms with E-state index in [1.54, 1.807) is 17.0 Å². The molecule has 2 rings (SSSR count). The molecule has 0 bridgehead atoms. The van der Waals surface area contributed by atoms with E-state index in [1.165, 1.54) is 6.07 Å². The van der Waals surface area contributed by atoms with Gasteiger partial charge in [-0.3, -0.25) is 10.1 Å². The average Bonchev–Trinajstić information content (AvgIpc) is 2.85. The molecule has 0 aliphatic carbocycles. The van der Waals surface area contributed by atoms with Gasteiger partial charge in [0.05, 0.1) is 4.92 Å².